The normalized spacial score (nSPS) is 14.4. The molecule has 0 aliphatic carbocycles. The Hall–Kier alpha value is -2.71. The van der Waals surface area contributed by atoms with Gasteiger partial charge in [-0.05, 0) is 29.9 Å². The predicted octanol–water partition coefficient (Wildman–Crippen LogP) is 2.93. The molecule has 1 heterocycles. The summed E-state index contributed by atoms with van der Waals surface area (Å²) in [5, 5.41) is 13.6. The molecule has 8 heteroatoms. The molecule has 2 N–H and O–H groups in total. The maximum absolute atomic E-state index is 9.63. The summed E-state index contributed by atoms with van der Waals surface area (Å²) in [6, 6.07) is 11.1. The highest BCUT2D eigenvalue weighted by atomic mass is 32.1. The van der Waals surface area contributed by atoms with Gasteiger partial charge in [-0.3, -0.25) is 4.90 Å². The third-order valence-electron chi connectivity index (χ3n) is 4.89. The van der Waals surface area contributed by atoms with Gasteiger partial charge in [0.05, 0.1) is 21.3 Å². The highest BCUT2D eigenvalue weighted by Gasteiger charge is 2.20. The van der Waals surface area contributed by atoms with Crippen LogP contribution in [-0.4, -0.2) is 67.5 Å². The van der Waals surface area contributed by atoms with Crippen LogP contribution >= 0.6 is 12.2 Å². The minimum Gasteiger partial charge on any atom is -0.508 e. The maximum atomic E-state index is 9.63. The van der Waals surface area contributed by atoms with Gasteiger partial charge in [0, 0.05) is 50.5 Å². The summed E-state index contributed by atoms with van der Waals surface area (Å²) in [6.07, 6.45) is 0. The van der Waals surface area contributed by atoms with Crippen LogP contribution in [0.1, 0.15) is 5.56 Å². The zero-order valence-corrected chi connectivity index (χ0v) is 17.8. The molecule has 2 aromatic carbocycles. The molecular formula is C21H27N3O4S. The molecule has 0 spiro atoms. The zero-order valence-electron chi connectivity index (χ0n) is 17.0. The van der Waals surface area contributed by atoms with Crippen molar-refractivity contribution in [2.24, 2.45) is 0 Å². The van der Waals surface area contributed by atoms with Crippen molar-refractivity contribution in [3.8, 4) is 23.0 Å². The fraction of sp³-hybridized carbons (Fsp3) is 0.381. The molecule has 0 radical (unpaired) electrons. The van der Waals surface area contributed by atoms with Crippen LogP contribution in [0.3, 0.4) is 0 Å². The summed E-state index contributed by atoms with van der Waals surface area (Å²) < 4.78 is 16.2. The third kappa shape index (κ3) is 5.21. The van der Waals surface area contributed by atoms with Gasteiger partial charge in [-0.15, -0.1) is 0 Å². The van der Waals surface area contributed by atoms with Crippen molar-refractivity contribution in [3.05, 3.63) is 42.0 Å². The number of nitrogens with one attached hydrogen (secondary N) is 1. The number of hydrogen-bond donors (Lipinski definition) is 2. The summed E-state index contributed by atoms with van der Waals surface area (Å²) in [5.74, 6) is 2.00. The number of ether oxygens (including phenoxy) is 3. The fourth-order valence-electron chi connectivity index (χ4n) is 3.38. The van der Waals surface area contributed by atoms with E-state index in [4.69, 9.17) is 26.4 Å². The highest BCUT2D eigenvalue weighted by Crippen LogP contribution is 2.40. The number of methoxy groups -OCH3 is 3. The number of nitrogens with zero attached hydrogens (tertiary/aromatic N) is 2. The summed E-state index contributed by atoms with van der Waals surface area (Å²) in [7, 11) is 4.75. The van der Waals surface area contributed by atoms with Crippen LogP contribution in [-0.2, 0) is 6.54 Å². The number of phenols is 1. The molecule has 1 saturated heterocycles. The molecule has 0 saturated carbocycles. The van der Waals surface area contributed by atoms with Gasteiger partial charge in [0.2, 0.25) is 5.75 Å². The third-order valence-corrected chi connectivity index (χ3v) is 5.25. The van der Waals surface area contributed by atoms with E-state index in [0.717, 1.165) is 44.0 Å². The number of benzene rings is 2. The molecule has 1 aliphatic rings. The van der Waals surface area contributed by atoms with E-state index in [9.17, 15) is 5.11 Å². The Kier molecular flexibility index (Phi) is 7.00. The van der Waals surface area contributed by atoms with Crippen molar-refractivity contribution in [3.63, 3.8) is 0 Å². The van der Waals surface area contributed by atoms with Crippen LogP contribution in [0.15, 0.2) is 36.4 Å². The molecule has 2 aromatic rings. The molecular weight excluding hydrogens is 390 g/mol. The summed E-state index contributed by atoms with van der Waals surface area (Å²) in [4.78, 5) is 4.50. The highest BCUT2D eigenvalue weighted by molar-refractivity contribution is 7.80. The molecule has 0 bridgehead atoms. The minimum absolute atomic E-state index is 0.303. The summed E-state index contributed by atoms with van der Waals surface area (Å²) in [5.41, 5.74) is 1.89. The first-order valence-corrected chi connectivity index (χ1v) is 9.81. The van der Waals surface area contributed by atoms with E-state index >= 15 is 0 Å². The van der Waals surface area contributed by atoms with Gasteiger partial charge < -0.3 is 29.5 Å². The second kappa shape index (κ2) is 9.67. The Labute approximate surface area is 176 Å². The molecule has 1 fully saturated rings. The average molecular weight is 418 g/mol. The Morgan fingerprint density at radius 1 is 1.00 bits per heavy atom. The largest absolute Gasteiger partial charge is 0.508 e. The second-order valence-corrected chi connectivity index (χ2v) is 7.16. The lowest BCUT2D eigenvalue weighted by molar-refractivity contribution is 0.177. The number of anilines is 1. The molecule has 7 nitrogen and oxygen atoms in total. The zero-order chi connectivity index (χ0) is 20.8. The van der Waals surface area contributed by atoms with Crippen molar-refractivity contribution in [1.82, 2.24) is 9.80 Å². The van der Waals surface area contributed by atoms with Gasteiger partial charge in [-0.2, -0.15) is 0 Å². The molecule has 3 rings (SSSR count). The number of rotatable bonds is 6. The molecule has 0 amide bonds. The monoisotopic (exact) mass is 417 g/mol. The SMILES string of the molecule is COc1cc(NC(=S)N2CCN(Cc3cccc(O)c3)CC2)cc(OC)c1OC. The number of piperazine rings is 1. The first kappa shape index (κ1) is 21.0. The van der Waals surface area contributed by atoms with Gasteiger partial charge in [0.25, 0.3) is 0 Å². The van der Waals surface area contributed by atoms with Gasteiger partial charge in [-0.1, -0.05) is 12.1 Å². The van der Waals surface area contributed by atoms with E-state index in [1.165, 1.54) is 0 Å². The Bertz CT molecular complexity index is 829. The molecule has 156 valence electrons. The Balaban J connectivity index is 1.58. The second-order valence-electron chi connectivity index (χ2n) is 6.78. The van der Waals surface area contributed by atoms with Crippen LogP contribution in [0, 0.1) is 0 Å². The first-order chi connectivity index (χ1) is 14.0. The number of aromatic hydroxyl groups is 1. The Morgan fingerprint density at radius 3 is 2.21 bits per heavy atom. The van der Waals surface area contributed by atoms with Crippen molar-refractivity contribution < 1.29 is 19.3 Å². The maximum Gasteiger partial charge on any atom is 0.203 e. The summed E-state index contributed by atoms with van der Waals surface area (Å²) in [6.45, 7) is 4.26. The van der Waals surface area contributed by atoms with Gasteiger partial charge >= 0.3 is 0 Å². The van der Waals surface area contributed by atoms with E-state index in [0.29, 0.717) is 28.1 Å². The lowest BCUT2D eigenvalue weighted by Gasteiger charge is -2.36. The van der Waals surface area contributed by atoms with Crippen molar-refractivity contribution in [2.45, 2.75) is 6.54 Å². The van der Waals surface area contributed by atoms with E-state index in [1.54, 1.807) is 27.4 Å². The van der Waals surface area contributed by atoms with Crippen LogP contribution in [0.5, 0.6) is 23.0 Å². The van der Waals surface area contributed by atoms with Gasteiger partial charge in [0.15, 0.2) is 16.6 Å². The predicted molar refractivity (Wildman–Crippen MR) is 117 cm³/mol. The number of hydrogen-bond acceptors (Lipinski definition) is 6. The van der Waals surface area contributed by atoms with Gasteiger partial charge in [0.1, 0.15) is 5.75 Å². The van der Waals surface area contributed by atoms with Crippen LogP contribution < -0.4 is 19.5 Å². The van der Waals surface area contributed by atoms with E-state index < -0.39 is 0 Å². The van der Waals surface area contributed by atoms with E-state index in [2.05, 4.69) is 15.1 Å². The van der Waals surface area contributed by atoms with Crippen LogP contribution in [0.4, 0.5) is 5.69 Å². The van der Waals surface area contributed by atoms with Crippen molar-refractivity contribution in [2.75, 3.05) is 52.8 Å². The smallest absolute Gasteiger partial charge is 0.203 e. The molecule has 0 atom stereocenters. The lowest BCUT2D eigenvalue weighted by atomic mass is 10.2. The molecule has 0 aromatic heterocycles. The minimum atomic E-state index is 0.303. The van der Waals surface area contributed by atoms with E-state index in [-0.39, 0.29) is 0 Å². The standard InChI is InChI=1S/C21H27N3O4S/c1-26-18-12-16(13-19(27-2)20(18)28-3)22-21(29)24-9-7-23(8-10-24)14-15-5-4-6-17(25)11-15/h4-6,11-13,25H,7-10,14H2,1-3H3,(H,22,29). The van der Waals surface area contributed by atoms with Crippen molar-refractivity contribution in [1.29, 1.82) is 0 Å². The topological polar surface area (TPSA) is 66.4 Å². The van der Waals surface area contributed by atoms with Gasteiger partial charge in [-0.25, -0.2) is 0 Å². The lowest BCUT2D eigenvalue weighted by Crippen LogP contribution is -2.49. The fourth-order valence-corrected chi connectivity index (χ4v) is 3.68. The quantitative estimate of drug-likeness (QED) is 0.696. The molecule has 0 unspecified atom stereocenters. The molecule has 1 aliphatic heterocycles. The average Bonchev–Trinajstić information content (AvgIpc) is 2.73. The number of phenolic OH excluding ortho intramolecular Hbond substituents is 1. The van der Waals surface area contributed by atoms with Crippen LogP contribution in [0.25, 0.3) is 0 Å². The number of thiocarbonyl (C=S) groups is 1. The van der Waals surface area contributed by atoms with Crippen molar-refractivity contribution >= 4 is 23.0 Å². The van der Waals surface area contributed by atoms with Crippen LogP contribution in [0.2, 0.25) is 0 Å². The summed E-state index contributed by atoms with van der Waals surface area (Å²) >= 11 is 5.61. The van der Waals surface area contributed by atoms with E-state index in [1.807, 2.05) is 30.3 Å². The Morgan fingerprint density at radius 2 is 1.66 bits per heavy atom. The molecule has 29 heavy (non-hydrogen) atoms. The first-order valence-electron chi connectivity index (χ1n) is 9.40.